The van der Waals surface area contributed by atoms with Crippen molar-refractivity contribution in [3.05, 3.63) is 42.0 Å². The van der Waals surface area contributed by atoms with Gasteiger partial charge in [-0.3, -0.25) is 4.79 Å². The highest BCUT2D eigenvalue weighted by molar-refractivity contribution is 7.89. The second kappa shape index (κ2) is 9.88. The van der Waals surface area contributed by atoms with Crippen molar-refractivity contribution < 1.29 is 32.2 Å². The smallest absolute Gasteiger partial charge is 0.241 e. The molecule has 2 aromatic carbocycles. The van der Waals surface area contributed by atoms with E-state index in [1.54, 1.807) is 32.0 Å². The Morgan fingerprint density at radius 1 is 0.879 bits per heavy atom. The predicted octanol–water partition coefficient (Wildman–Crippen LogP) is 2.24. The van der Waals surface area contributed by atoms with Gasteiger partial charge in [0.2, 0.25) is 15.9 Å². The number of carbonyl (C=O) groups excluding carboxylic acids is 1. The molecule has 0 spiro atoms. The fourth-order valence-corrected chi connectivity index (χ4v) is 4.89. The van der Waals surface area contributed by atoms with Crippen molar-refractivity contribution in [1.82, 2.24) is 10.0 Å². The maximum atomic E-state index is 13.0. The third-order valence-corrected chi connectivity index (χ3v) is 6.77. The molecular weight excluding hydrogens is 448 g/mol. The molecule has 2 aliphatic rings. The number of rotatable bonds is 7. The van der Waals surface area contributed by atoms with Crippen molar-refractivity contribution in [2.45, 2.75) is 37.8 Å². The molecule has 0 aliphatic carbocycles. The average molecular weight is 477 g/mol. The van der Waals surface area contributed by atoms with E-state index in [0.717, 1.165) is 5.56 Å². The van der Waals surface area contributed by atoms with Crippen molar-refractivity contribution in [2.24, 2.45) is 5.92 Å². The molecule has 0 fully saturated rings. The Hall–Kier alpha value is -2.98. The molecule has 0 saturated carbocycles. The lowest BCUT2D eigenvalue weighted by atomic mass is 10.0. The van der Waals surface area contributed by atoms with Crippen molar-refractivity contribution in [3.8, 4) is 23.0 Å². The van der Waals surface area contributed by atoms with Gasteiger partial charge in [0.25, 0.3) is 0 Å². The number of fused-ring (bicyclic) bond motifs is 2. The maximum absolute atomic E-state index is 13.0. The molecule has 2 N–H and O–H groups in total. The minimum absolute atomic E-state index is 0.0111. The first-order chi connectivity index (χ1) is 15.8. The van der Waals surface area contributed by atoms with Gasteiger partial charge in [-0.25, -0.2) is 8.42 Å². The van der Waals surface area contributed by atoms with E-state index in [1.165, 1.54) is 12.1 Å². The van der Waals surface area contributed by atoms with E-state index in [0.29, 0.717) is 55.8 Å². The number of nitrogens with one attached hydrogen (secondary N) is 2. The van der Waals surface area contributed by atoms with Crippen molar-refractivity contribution in [2.75, 3.05) is 26.4 Å². The molecule has 178 valence electrons. The van der Waals surface area contributed by atoms with Crippen LogP contribution in [-0.4, -0.2) is 46.8 Å². The third-order valence-electron chi connectivity index (χ3n) is 5.33. The number of hydrogen-bond acceptors (Lipinski definition) is 7. The summed E-state index contributed by atoms with van der Waals surface area (Å²) >= 11 is 0. The molecule has 1 unspecified atom stereocenters. The van der Waals surface area contributed by atoms with Crippen LogP contribution in [0.1, 0.15) is 25.8 Å². The van der Waals surface area contributed by atoms with Gasteiger partial charge in [0, 0.05) is 19.0 Å². The Bertz CT molecular complexity index is 1120. The van der Waals surface area contributed by atoms with Gasteiger partial charge < -0.3 is 24.3 Å². The minimum atomic E-state index is -3.97. The van der Waals surface area contributed by atoms with Gasteiger partial charge in [0.05, 0.1) is 18.1 Å². The largest absolute Gasteiger partial charge is 0.490 e. The highest BCUT2D eigenvalue weighted by Gasteiger charge is 2.29. The molecule has 2 aromatic rings. The molecule has 2 heterocycles. The number of ether oxygens (including phenoxy) is 4. The number of sulfonamides is 1. The first-order valence-electron chi connectivity index (χ1n) is 10.9. The zero-order chi connectivity index (χ0) is 23.4. The van der Waals surface area contributed by atoms with Crippen molar-refractivity contribution in [3.63, 3.8) is 0 Å². The summed E-state index contributed by atoms with van der Waals surface area (Å²) in [7, 11) is -3.97. The molecule has 0 bridgehead atoms. The van der Waals surface area contributed by atoms with Crippen LogP contribution in [0.2, 0.25) is 0 Å². The van der Waals surface area contributed by atoms with E-state index >= 15 is 0 Å². The fraction of sp³-hybridized carbons (Fsp3) is 0.435. The van der Waals surface area contributed by atoms with Crippen LogP contribution >= 0.6 is 0 Å². The Balaban J connectivity index is 1.44. The lowest BCUT2D eigenvalue weighted by Gasteiger charge is -2.22. The Labute approximate surface area is 193 Å². The zero-order valence-electron chi connectivity index (χ0n) is 18.6. The van der Waals surface area contributed by atoms with E-state index in [9.17, 15) is 13.2 Å². The lowest BCUT2D eigenvalue weighted by molar-refractivity contribution is -0.123. The van der Waals surface area contributed by atoms with Crippen molar-refractivity contribution >= 4 is 15.9 Å². The van der Waals surface area contributed by atoms with Crippen molar-refractivity contribution in [1.29, 1.82) is 0 Å². The molecule has 9 nitrogen and oxygen atoms in total. The second-order valence-corrected chi connectivity index (χ2v) is 9.91. The minimum Gasteiger partial charge on any atom is -0.490 e. The van der Waals surface area contributed by atoms with Crippen LogP contribution in [0.3, 0.4) is 0 Å². The van der Waals surface area contributed by atoms with E-state index < -0.39 is 22.0 Å². The van der Waals surface area contributed by atoms with Gasteiger partial charge in [0.15, 0.2) is 23.0 Å². The molecule has 1 amide bonds. The number of benzene rings is 2. The normalized spacial score (nSPS) is 16.1. The van der Waals surface area contributed by atoms with Gasteiger partial charge in [-0.2, -0.15) is 4.72 Å². The average Bonchev–Trinajstić information content (AvgIpc) is 3.05. The molecule has 0 radical (unpaired) electrons. The van der Waals surface area contributed by atoms with Gasteiger partial charge in [-0.15, -0.1) is 0 Å². The molecule has 0 saturated heterocycles. The first kappa shape index (κ1) is 23.2. The highest BCUT2D eigenvalue weighted by atomic mass is 32.2. The van der Waals surface area contributed by atoms with Crippen LogP contribution < -0.4 is 29.0 Å². The van der Waals surface area contributed by atoms with Crippen LogP contribution in [0.4, 0.5) is 0 Å². The van der Waals surface area contributed by atoms with E-state index in [1.807, 2.05) is 6.07 Å². The summed E-state index contributed by atoms with van der Waals surface area (Å²) in [6.07, 6.45) is 0.716. The topological polar surface area (TPSA) is 112 Å². The molecular formula is C23H28N2O7S. The van der Waals surface area contributed by atoms with Crippen LogP contribution in [0.5, 0.6) is 23.0 Å². The van der Waals surface area contributed by atoms with E-state index in [4.69, 9.17) is 18.9 Å². The summed E-state index contributed by atoms with van der Waals surface area (Å²) in [5, 5.41) is 2.81. The lowest BCUT2D eigenvalue weighted by Crippen LogP contribution is -2.49. The number of amides is 1. The molecule has 4 rings (SSSR count). The summed E-state index contributed by atoms with van der Waals surface area (Å²) in [5.74, 6) is 1.48. The van der Waals surface area contributed by atoms with Gasteiger partial charge in [0.1, 0.15) is 19.3 Å². The van der Waals surface area contributed by atoms with Gasteiger partial charge in [-0.1, -0.05) is 19.9 Å². The number of hydrogen-bond donors (Lipinski definition) is 2. The van der Waals surface area contributed by atoms with E-state index in [-0.39, 0.29) is 17.4 Å². The third kappa shape index (κ3) is 5.51. The SMILES string of the molecule is CC(C)C(NS(=O)(=O)c1ccc2c(c1)OCCCO2)C(=O)NCc1ccc2c(c1)OCCO2. The summed E-state index contributed by atoms with van der Waals surface area (Å²) in [5.41, 5.74) is 0.820. The number of carbonyl (C=O) groups is 1. The molecule has 2 aliphatic heterocycles. The van der Waals surface area contributed by atoms with Crippen LogP contribution in [0.25, 0.3) is 0 Å². The Morgan fingerprint density at radius 2 is 1.48 bits per heavy atom. The Morgan fingerprint density at radius 3 is 2.21 bits per heavy atom. The van der Waals surface area contributed by atoms with Gasteiger partial charge in [-0.05, 0) is 35.7 Å². The van der Waals surface area contributed by atoms with Gasteiger partial charge >= 0.3 is 0 Å². The fourth-order valence-electron chi connectivity index (χ4n) is 3.54. The monoisotopic (exact) mass is 476 g/mol. The predicted molar refractivity (Wildman–Crippen MR) is 120 cm³/mol. The van der Waals surface area contributed by atoms with Crippen LogP contribution in [-0.2, 0) is 21.4 Å². The highest BCUT2D eigenvalue weighted by Crippen LogP contribution is 2.32. The summed E-state index contributed by atoms with van der Waals surface area (Å²) < 4.78 is 50.9. The summed E-state index contributed by atoms with van der Waals surface area (Å²) in [4.78, 5) is 12.9. The standard InChI is InChI=1S/C23H28N2O7S/c1-15(2)22(23(26)24-14-16-4-6-18-20(12-16)32-11-10-31-18)25-33(27,28)17-5-7-19-21(13-17)30-9-3-8-29-19/h4-7,12-13,15,22,25H,3,8-11,14H2,1-2H3,(H,24,26). The van der Waals surface area contributed by atoms with E-state index in [2.05, 4.69) is 10.0 Å². The summed E-state index contributed by atoms with van der Waals surface area (Å²) in [6.45, 7) is 5.72. The summed E-state index contributed by atoms with van der Waals surface area (Å²) in [6, 6.07) is 8.92. The first-order valence-corrected chi connectivity index (χ1v) is 12.4. The Kier molecular flexibility index (Phi) is 6.94. The zero-order valence-corrected chi connectivity index (χ0v) is 19.4. The maximum Gasteiger partial charge on any atom is 0.241 e. The molecule has 1 atom stereocenters. The molecule has 33 heavy (non-hydrogen) atoms. The second-order valence-electron chi connectivity index (χ2n) is 8.20. The van der Waals surface area contributed by atoms with Crippen LogP contribution in [0, 0.1) is 5.92 Å². The molecule has 10 heteroatoms. The van der Waals surface area contributed by atoms with Crippen LogP contribution in [0.15, 0.2) is 41.3 Å². The quantitative estimate of drug-likeness (QED) is 0.630. The molecule has 0 aromatic heterocycles.